The van der Waals surface area contributed by atoms with Crippen LogP contribution in [0.4, 0.5) is 0 Å². The van der Waals surface area contributed by atoms with Crippen LogP contribution in [0.2, 0.25) is 0 Å². The largest absolute Gasteiger partial charge is 0.491 e. The van der Waals surface area contributed by atoms with Crippen LogP contribution >= 0.6 is 0 Å². The first kappa shape index (κ1) is 19.3. The molecule has 28 heavy (non-hydrogen) atoms. The van der Waals surface area contributed by atoms with Gasteiger partial charge in [0.15, 0.2) is 0 Å². The maximum atomic E-state index is 5.88. The molecule has 0 saturated carbocycles. The van der Waals surface area contributed by atoms with Crippen LogP contribution in [0.1, 0.15) is 61.8 Å². The van der Waals surface area contributed by atoms with Crippen molar-refractivity contribution in [2.45, 2.75) is 64.8 Å². The highest BCUT2D eigenvalue weighted by Crippen LogP contribution is 2.31. The second kappa shape index (κ2) is 8.58. The maximum absolute atomic E-state index is 5.88. The Morgan fingerprint density at radius 3 is 2.96 bits per heavy atom. The molecule has 0 spiro atoms. The summed E-state index contributed by atoms with van der Waals surface area (Å²) in [4.78, 5) is 14.7. The Kier molecular flexibility index (Phi) is 5.93. The standard InChI is InChI=1S/C23H32N4O/c1-17(2)28-20-8-6-7-18(13-20)15-27-11-5-4-9-22(27)23-24-14-19-16-26(3)12-10-21(19)25-23/h6-8,13-14,17,22H,4-5,9-12,15-16H2,1-3H3. The van der Waals surface area contributed by atoms with Gasteiger partial charge in [-0.25, -0.2) is 9.97 Å². The summed E-state index contributed by atoms with van der Waals surface area (Å²) in [6, 6.07) is 8.82. The number of likely N-dealkylation sites (tertiary alicyclic amines) is 1. The van der Waals surface area contributed by atoms with Crippen molar-refractivity contribution in [1.29, 1.82) is 0 Å². The van der Waals surface area contributed by atoms with Crippen molar-refractivity contribution in [3.63, 3.8) is 0 Å². The number of fused-ring (bicyclic) bond motifs is 1. The summed E-state index contributed by atoms with van der Waals surface area (Å²) in [6.07, 6.45) is 6.93. The predicted molar refractivity (Wildman–Crippen MR) is 111 cm³/mol. The molecule has 2 aliphatic heterocycles. The van der Waals surface area contributed by atoms with Crippen LogP contribution in [0, 0.1) is 0 Å². The molecule has 2 aliphatic rings. The van der Waals surface area contributed by atoms with E-state index in [-0.39, 0.29) is 6.10 Å². The number of rotatable bonds is 5. The zero-order chi connectivity index (χ0) is 19.5. The first-order valence-corrected chi connectivity index (χ1v) is 10.6. The Bertz CT molecular complexity index is 807. The van der Waals surface area contributed by atoms with E-state index in [1.807, 2.05) is 6.07 Å². The normalized spacial score (nSPS) is 20.9. The fourth-order valence-electron chi connectivity index (χ4n) is 4.33. The molecule has 0 aliphatic carbocycles. The van der Waals surface area contributed by atoms with E-state index >= 15 is 0 Å². The van der Waals surface area contributed by atoms with Gasteiger partial charge in [0.25, 0.3) is 0 Å². The van der Waals surface area contributed by atoms with Crippen LogP contribution in [-0.2, 0) is 19.5 Å². The number of hydrogen-bond acceptors (Lipinski definition) is 5. The van der Waals surface area contributed by atoms with Crippen molar-refractivity contribution in [3.8, 4) is 5.75 Å². The lowest BCUT2D eigenvalue weighted by Gasteiger charge is -2.35. The van der Waals surface area contributed by atoms with Gasteiger partial charge in [-0.3, -0.25) is 4.90 Å². The molecule has 1 aromatic heterocycles. The van der Waals surface area contributed by atoms with Gasteiger partial charge in [0.05, 0.1) is 12.1 Å². The van der Waals surface area contributed by atoms with E-state index in [4.69, 9.17) is 14.7 Å². The van der Waals surface area contributed by atoms with Gasteiger partial charge >= 0.3 is 0 Å². The summed E-state index contributed by atoms with van der Waals surface area (Å²) in [6.45, 7) is 8.20. The molecule has 0 N–H and O–H groups in total. The van der Waals surface area contributed by atoms with E-state index < -0.39 is 0 Å². The summed E-state index contributed by atoms with van der Waals surface area (Å²) in [7, 11) is 2.16. The lowest BCUT2D eigenvalue weighted by molar-refractivity contribution is 0.133. The highest BCUT2D eigenvalue weighted by molar-refractivity contribution is 5.29. The molecule has 2 aromatic rings. The highest BCUT2D eigenvalue weighted by atomic mass is 16.5. The third-order valence-electron chi connectivity index (χ3n) is 5.71. The molecule has 5 nitrogen and oxygen atoms in total. The van der Waals surface area contributed by atoms with Crippen molar-refractivity contribution in [2.75, 3.05) is 20.1 Å². The van der Waals surface area contributed by atoms with Gasteiger partial charge in [-0.05, 0) is 58.0 Å². The molecular formula is C23H32N4O. The van der Waals surface area contributed by atoms with Gasteiger partial charge in [-0.1, -0.05) is 18.6 Å². The SMILES string of the molecule is CC(C)Oc1cccc(CN2CCCCC2c2ncc3c(n2)CCN(C)C3)c1. The van der Waals surface area contributed by atoms with E-state index in [0.29, 0.717) is 6.04 Å². The second-order valence-corrected chi connectivity index (χ2v) is 8.48. The number of likely N-dealkylation sites (N-methyl/N-ethyl adjacent to an activating group) is 1. The first-order chi connectivity index (χ1) is 13.6. The summed E-state index contributed by atoms with van der Waals surface area (Å²) in [5.41, 5.74) is 3.84. The minimum atomic E-state index is 0.195. The molecule has 1 aromatic carbocycles. The predicted octanol–water partition coefficient (Wildman–Crippen LogP) is 3.98. The molecule has 4 rings (SSSR count). The van der Waals surface area contributed by atoms with Crippen molar-refractivity contribution >= 4 is 0 Å². The average Bonchev–Trinajstić information content (AvgIpc) is 2.68. The minimum Gasteiger partial charge on any atom is -0.491 e. The van der Waals surface area contributed by atoms with Crippen LogP contribution in [0.15, 0.2) is 30.5 Å². The van der Waals surface area contributed by atoms with E-state index in [9.17, 15) is 0 Å². The van der Waals surface area contributed by atoms with Gasteiger partial charge in [0, 0.05) is 43.5 Å². The lowest BCUT2D eigenvalue weighted by atomic mass is 9.99. The number of ether oxygens (including phenoxy) is 1. The Morgan fingerprint density at radius 2 is 2.11 bits per heavy atom. The number of aromatic nitrogens is 2. The molecule has 1 saturated heterocycles. The third kappa shape index (κ3) is 4.53. The molecule has 0 amide bonds. The van der Waals surface area contributed by atoms with Crippen molar-refractivity contribution in [1.82, 2.24) is 19.8 Å². The molecule has 0 radical (unpaired) electrons. The third-order valence-corrected chi connectivity index (χ3v) is 5.71. The minimum absolute atomic E-state index is 0.195. The molecular weight excluding hydrogens is 348 g/mol. The zero-order valence-corrected chi connectivity index (χ0v) is 17.4. The first-order valence-electron chi connectivity index (χ1n) is 10.6. The fraction of sp³-hybridized carbons (Fsp3) is 0.565. The van der Waals surface area contributed by atoms with E-state index in [1.54, 1.807) is 0 Å². The topological polar surface area (TPSA) is 41.5 Å². The summed E-state index contributed by atoms with van der Waals surface area (Å²) < 4.78 is 5.88. The Labute approximate surface area is 168 Å². The average molecular weight is 381 g/mol. The van der Waals surface area contributed by atoms with Gasteiger partial charge in [0.2, 0.25) is 0 Å². The Balaban J connectivity index is 1.52. The maximum Gasteiger partial charge on any atom is 0.145 e. The van der Waals surface area contributed by atoms with Gasteiger partial charge in [-0.2, -0.15) is 0 Å². The monoisotopic (exact) mass is 380 g/mol. The zero-order valence-electron chi connectivity index (χ0n) is 17.4. The highest BCUT2D eigenvalue weighted by Gasteiger charge is 2.27. The lowest BCUT2D eigenvalue weighted by Crippen LogP contribution is -2.35. The van der Waals surface area contributed by atoms with Crippen LogP contribution in [0.25, 0.3) is 0 Å². The van der Waals surface area contributed by atoms with Crippen LogP contribution in [0.3, 0.4) is 0 Å². The number of piperidine rings is 1. The van der Waals surface area contributed by atoms with Crippen molar-refractivity contribution in [2.24, 2.45) is 0 Å². The van der Waals surface area contributed by atoms with Gasteiger partial charge in [0.1, 0.15) is 11.6 Å². The fourth-order valence-corrected chi connectivity index (χ4v) is 4.33. The molecule has 1 fully saturated rings. The van der Waals surface area contributed by atoms with E-state index in [2.05, 4.69) is 55.1 Å². The number of nitrogens with zero attached hydrogens (tertiary/aromatic N) is 4. The Morgan fingerprint density at radius 1 is 1.21 bits per heavy atom. The smallest absolute Gasteiger partial charge is 0.145 e. The van der Waals surface area contributed by atoms with Crippen LogP contribution in [-0.4, -0.2) is 46.0 Å². The van der Waals surface area contributed by atoms with Crippen LogP contribution < -0.4 is 4.74 Å². The number of hydrogen-bond donors (Lipinski definition) is 0. The van der Waals surface area contributed by atoms with Crippen molar-refractivity contribution < 1.29 is 4.74 Å². The molecule has 150 valence electrons. The molecule has 3 heterocycles. The van der Waals surface area contributed by atoms with Gasteiger partial charge < -0.3 is 9.64 Å². The van der Waals surface area contributed by atoms with Crippen LogP contribution in [0.5, 0.6) is 5.75 Å². The quantitative estimate of drug-likeness (QED) is 0.785. The summed E-state index contributed by atoms with van der Waals surface area (Å²) in [5, 5.41) is 0. The second-order valence-electron chi connectivity index (χ2n) is 8.48. The van der Waals surface area contributed by atoms with E-state index in [1.165, 1.54) is 29.7 Å². The van der Waals surface area contributed by atoms with Crippen molar-refractivity contribution in [3.05, 3.63) is 53.1 Å². The molecule has 5 heteroatoms. The van der Waals surface area contributed by atoms with E-state index in [0.717, 1.165) is 50.6 Å². The van der Waals surface area contributed by atoms with Gasteiger partial charge in [-0.15, -0.1) is 0 Å². The summed E-state index contributed by atoms with van der Waals surface area (Å²) in [5.74, 6) is 1.97. The molecule has 1 unspecified atom stereocenters. The molecule has 0 bridgehead atoms. The number of benzene rings is 1. The molecule has 1 atom stereocenters. The summed E-state index contributed by atoms with van der Waals surface area (Å²) >= 11 is 0. The Hall–Kier alpha value is -1.98.